The third-order valence-corrected chi connectivity index (χ3v) is 5.47. The summed E-state index contributed by atoms with van der Waals surface area (Å²) in [5.74, 6) is 0.531. The van der Waals surface area contributed by atoms with Crippen molar-refractivity contribution >= 4 is 11.6 Å². The molecule has 2 aromatic carbocycles. The number of hydrogen-bond acceptors (Lipinski definition) is 5. The zero-order valence-corrected chi connectivity index (χ0v) is 18.1. The third-order valence-electron chi connectivity index (χ3n) is 5.10. The predicted octanol–water partition coefficient (Wildman–Crippen LogP) is 4.46. The first-order valence-electron chi connectivity index (χ1n) is 10.3. The molecular formula is C23H26ClF3O5. The molecule has 0 aliphatic carbocycles. The van der Waals surface area contributed by atoms with Crippen LogP contribution >= 0.6 is 11.6 Å². The van der Waals surface area contributed by atoms with E-state index in [0.29, 0.717) is 30.0 Å². The van der Waals surface area contributed by atoms with E-state index in [1.54, 1.807) is 18.2 Å². The van der Waals surface area contributed by atoms with E-state index in [-0.39, 0.29) is 25.9 Å². The minimum Gasteiger partial charge on any atom is -0.491 e. The molecule has 0 bridgehead atoms. The van der Waals surface area contributed by atoms with Gasteiger partial charge in [-0.3, -0.25) is 0 Å². The number of hydrogen-bond donors (Lipinski definition) is 2. The van der Waals surface area contributed by atoms with Gasteiger partial charge in [0.2, 0.25) is 0 Å². The molecule has 32 heavy (non-hydrogen) atoms. The summed E-state index contributed by atoms with van der Waals surface area (Å²) in [5, 5.41) is 20.1. The van der Waals surface area contributed by atoms with Crippen LogP contribution in [0.4, 0.5) is 13.2 Å². The van der Waals surface area contributed by atoms with E-state index >= 15 is 0 Å². The molecule has 0 spiro atoms. The van der Waals surface area contributed by atoms with Crippen molar-refractivity contribution in [3.63, 3.8) is 0 Å². The molecule has 1 saturated heterocycles. The van der Waals surface area contributed by atoms with Gasteiger partial charge in [-0.05, 0) is 41.3 Å². The van der Waals surface area contributed by atoms with Gasteiger partial charge in [0.25, 0.3) is 0 Å². The fraction of sp³-hybridized carbons (Fsp3) is 0.478. The minimum absolute atomic E-state index is 0.0192. The molecule has 1 aliphatic rings. The van der Waals surface area contributed by atoms with Crippen molar-refractivity contribution in [1.29, 1.82) is 0 Å². The Morgan fingerprint density at radius 3 is 2.50 bits per heavy atom. The second kappa shape index (κ2) is 11.3. The van der Waals surface area contributed by atoms with Gasteiger partial charge >= 0.3 is 6.18 Å². The Morgan fingerprint density at radius 1 is 1.06 bits per heavy atom. The van der Waals surface area contributed by atoms with Crippen molar-refractivity contribution in [3.05, 3.63) is 64.2 Å². The lowest BCUT2D eigenvalue weighted by Gasteiger charge is -2.32. The summed E-state index contributed by atoms with van der Waals surface area (Å²) in [5.41, 5.74) is 2.76. The average Bonchev–Trinajstić information content (AvgIpc) is 2.75. The number of rotatable bonds is 9. The molecule has 3 unspecified atom stereocenters. The maximum Gasteiger partial charge on any atom is 0.411 e. The Bertz CT molecular complexity index is 860. The highest BCUT2D eigenvalue weighted by molar-refractivity contribution is 6.31. The van der Waals surface area contributed by atoms with E-state index in [1.165, 1.54) is 0 Å². The smallest absolute Gasteiger partial charge is 0.411 e. The summed E-state index contributed by atoms with van der Waals surface area (Å²) in [7, 11) is 0. The molecule has 5 nitrogen and oxygen atoms in total. The number of benzene rings is 2. The molecule has 9 heteroatoms. The van der Waals surface area contributed by atoms with Gasteiger partial charge in [-0.15, -0.1) is 0 Å². The lowest BCUT2D eigenvalue weighted by molar-refractivity contribution is -0.175. The van der Waals surface area contributed by atoms with Crippen molar-refractivity contribution < 1.29 is 37.6 Å². The minimum atomic E-state index is -4.34. The standard InChI is InChI=1S/C23H26ClF3O5/c24-21-6-3-16(22-12-18(29)11-20(13-28)32-22)10-17(21)9-15-1-4-19(5-2-15)31-8-7-30-14-23(25,26)27/h1-6,10,18,20,22,28-29H,7-9,11-14H2. The lowest BCUT2D eigenvalue weighted by atomic mass is 9.94. The van der Waals surface area contributed by atoms with Crippen LogP contribution in [0.15, 0.2) is 42.5 Å². The van der Waals surface area contributed by atoms with E-state index in [1.807, 2.05) is 24.3 Å². The molecule has 0 saturated carbocycles. The summed E-state index contributed by atoms with van der Waals surface area (Å²) in [4.78, 5) is 0. The maximum atomic E-state index is 12.0. The SMILES string of the molecule is OCC1CC(O)CC(c2ccc(Cl)c(Cc3ccc(OCCOCC(F)(F)F)cc3)c2)O1. The molecule has 3 atom stereocenters. The largest absolute Gasteiger partial charge is 0.491 e. The van der Waals surface area contributed by atoms with Gasteiger partial charge in [-0.1, -0.05) is 35.9 Å². The van der Waals surface area contributed by atoms with Crippen LogP contribution in [0, 0.1) is 0 Å². The Kier molecular flexibility index (Phi) is 8.79. The van der Waals surface area contributed by atoms with Crippen molar-refractivity contribution in [2.75, 3.05) is 26.4 Å². The highest BCUT2D eigenvalue weighted by atomic mass is 35.5. The van der Waals surface area contributed by atoms with Crippen LogP contribution in [0.25, 0.3) is 0 Å². The fourth-order valence-corrected chi connectivity index (χ4v) is 3.77. The van der Waals surface area contributed by atoms with Gasteiger partial charge in [0.15, 0.2) is 0 Å². The molecule has 0 aromatic heterocycles. The zero-order chi connectivity index (χ0) is 23.1. The Balaban J connectivity index is 1.57. The number of alkyl halides is 3. The third kappa shape index (κ3) is 7.64. The summed E-state index contributed by atoms with van der Waals surface area (Å²) in [6.45, 7) is -1.57. The molecule has 1 heterocycles. The first kappa shape index (κ1) is 24.8. The number of aliphatic hydroxyl groups excluding tert-OH is 2. The van der Waals surface area contributed by atoms with E-state index < -0.39 is 25.0 Å². The molecule has 2 N–H and O–H groups in total. The first-order valence-corrected chi connectivity index (χ1v) is 10.7. The molecule has 1 aliphatic heterocycles. The maximum absolute atomic E-state index is 12.0. The molecular weight excluding hydrogens is 449 g/mol. The van der Waals surface area contributed by atoms with Crippen molar-refractivity contribution in [3.8, 4) is 5.75 Å². The van der Waals surface area contributed by atoms with E-state index in [4.69, 9.17) is 21.1 Å². The highest BCUT2D eigenvalue weighted by Crippen LogP contribution is 2.33. The van der Waals surface area contributed by atoms with Crippen LogP contribution < -0.4 is 4.74 Å². The highest BCUT2D eigenvalue weighted by Gasteiger charge is 2.29. The van der Waals surface area contributed by atoms with E-state index in [0.717, 1.165) is 16.7 Å². The van der Waals surface area contributed by atoms with E-state index in [2.05, 4.69) is 4.74 Å². The normalized spacial score (nSPS) is 21.5. The number of halogens is 4. The second-order valence-corrected chi connectivity index (χ2v) is 8.15. The molecule has 3 rings (SSSR count). The van der Waals surface area contributed by atoms with E-state index in [9.17, 15) is 23.4 Å². The fourth-order valence-electron chi connectivity index (χ4n) is 3.58. The summed E-state index contributed by atoms with van der Waals surface area (Å²) in [6, 6.07) is 12.8. The van der Waals surface area contributed by atoms with Gasteiger partial charge in [0, 0.05) is 17.9 Å². The van der Waals surface area contributed by atoms with Gasteiger partial charge < -0.3 is 24.4 Å². The van der Waals surface area contributed by atoms with Crippen molar-refractivity contribution in [1.82, 2.24) is 0 Å². The van der Waals surface area contributed by atoms with Crippen LogP contribution in [0.2, 0.25) is 5.02 Å². The van der Waals surface area contributed by atoms with Crippen LogP contribution in [0.5, 0.6) is 5.75 Å². The lowest BCUT2D eigenvalue weighted by Crippen LogP contribution is -2.33. The average molecular weight is 475 g/mol. The van der Waals surface area contributed by atoms with Crippen LogP contribution in [-0.4, -0.2) is 55.0 Å². The molecule has 176 valence electrons. The molecule has 1 fully saturated rings. The van der Waals surface area contributed by atoms with Gasteiger partial charge in [-0.2, -0.15) is 13.2 Å². The molecule has 0 radical (unpaired) electrons. The topological polar surface area (TPSA) is 68.2 Å². The van der Waals surface area contributed by atoms with Crippen LogP contribution in [-0.2, 0) is 15.9 Å². The molecule has 0 amide bonds. The van der Waals surface area contributed by atoms with Crippen LogP contribution in [0.1, 0.15) is 35.6 Å². The van der Waals surface area contributed by atoms with Gasteiger partial charge in [0.1, 0.15) is 19.0 Å². The Labute approximate surface area is 189 Å². The van der Waals surface area contributed by atoms with Crippen molar-refractivity contribution in [2.45, 2.75) is 43.8 Å². The van der Waals surface area contributed by atoms with Crippen LogP contribution in [0.3, 0.4) is 0 Å². The Hall–Kier alpha value is -1.84. The summed E-state index contributed by atoms with van der Waals surface area (Å²) in [6.07, 6.45) is -4.16. The molecule has 2 aromatic rings. The Morgan fingerprint density at radius 2 is 1.81 bits per heavy atom. The second-order valence-electron chi connectivity index (χ2n) is 7.74. The number of aliphatic hydroxyl groups is 2. The summed E-state index contributed by atoms with van der Waals surface area (Å²) >= 11 is 6.38. The predicted molar refractivity (Wildman–Crippen MR) is 113 cm³/mol. The van der Waals surface area contributed by atoms with Gasteiger partial charge in [-0.25, -0.2) is 0 Å². The van der Waals surface area contributed by atoms with Crippen molar-refractivity contribution in [2.24, 2.45) is 0 Å². The quantitative estimate of drug-likeness (QED) is 0.525. The van der Waals surface area contributed by atoms with Gasteiger partial charge in [0.05, 0.1) is 31.5 Å². The first-order chi connectivity index (χ1) is 15.2. The zero-order valence-electron chi connectivity index (χ0n) is 17.4. The monoisotopic (exact) mass is 474 g/mol. The summed E-state index contributed by atoms with van der Waals surface area (Å²) < 4.78 is 51.9. The number of ether oxygens (including phenoxy) is 3.